The first kappa shape index (κ1) is 15.3. The van der Waals surface area contributed by atoms with Crippen LogP contribution in [0.1, 0.15) is 39.5 Å². The topological polar surface area (TPSA) is 57.6 Å². The Bertz CT molecular complexity index is 290. The summed E-state index contributed by atoms with van der Waals surface area (Å²) in [5, 5.41) is 8.89. The van der Waals surface area contributed by atoms with Crippen molar-refractivity contribution in [1.29, 1.82) is 0 Å². The Morgan fingerprint density at radius 1 is 1.39 bits per heavy atom. The van der Waals surface area contributed by atoms with Crippen LogP contribution >= 0.6 is 11.8 Å². The van der Waals surface area contributed by atoms with Crippen LogP contribution in [0.4, 0.5) is 0 Å². The van der Waals surface area contributed by atoms with Gasteiger partial charge in [-0.05, 0) is 43.6 Å². The number of thioether (sulfide) groups is 1. The van der Waals surface area contributed by atoms with E-state index in [4.69, 9.17) is 5.11 Å². The van der Waals surface area contributed by atoms with E-state index in [1.54, 1.807) is 0 Å². The summed E-state index contributed by atoms with van der Waals surface area (Å²) in [4.78, 5) is 24.6. The van der Waals surface area contributed by atoms with E-state index in [1.165, 1.54) is 4.90 Å². The first-order valence-corrected chi connectivity index (χ1v) is 7.79. The monoisotopic (exact) mass is 273 g/mol. The largest absolute Gasteiger partial charge is 0.480 e. The van der Waals surface area contributed by atoms with Gasteiger partial charge in [0, 0.05) is 12.5 Å². The van der Waals surface area contributed by atoms with Gasteiger partial charge < -0.3 is 10.0 Å². The fourth-order valence-electron chi connectivity index (χ4n) is 2.17. The number of rotatable bonds is 6. The quantitative estimate of drug-likeness (QED) is 0.806. The summed E-state index contributed by atoms with van der Waals surface area (Å²) in [6, 6.07) is 0.00608. The lowest BCUT2D eigenvalue weighted by Crippen LogP contribution is -2.42. The molecule has 1 aliphatic heterocycles. The van der Waals surface area contributed by atoms with Gasteiger partial charge in [0.2, 0.25) is 5.91 Å². The molecular formula is C13H23NO3S. The summed E-state index contributed by atoms with van der Waals surface area (Å²) in [6.45, 7) is 3.72. The molecule has 0 radical (unpaired) electrons. The minimum atomic E-state index is -0.928. The fourth-order valence-corrected chi connectivity index (χ4v) is 3.37. The normalized spacial score (nSPS) is 18.3. The van der Waals surface area contributed by atoms with Gasteiger partial charge in [0.1, 0.15) is 6.54 Å². The van der Waals surface area contributed by atoms with E-state index < -0.39 is 5.97 Å². The van der Waals surface area contributed by atoms with E-state index in [9.17, 15) is 9.59 Å². The molecule has 1 N–H and O–H groups in total. The highest BCUT2D eigenvalue weighted by Gasteiger charge is 2.25. The highest BCUT2D eigenvalue weighted by Crippen LogP contribution is 2.26. The molecule has 1 unspecified atom stereocenters. The lowest BCUT2D eigenvalue weighted by molar-refractivity contribution is -0.146. The Morgan fingerprint density at radius 2 is 2.00 bits per heavy atom. The molecule has 1 heterocycles. The van der Waals surface area contributed by atoms with E-state index in [1.807, 2.05) is 25.6 Å². The number of carbonyl (C=O) groups excluding carboxylic acids is 1. The highest BCUT2D eigenvalue weighted by atomic mass is 32.2. The van der Waals surface area contributed by atoms with Crippen LogP contribution < -0.4 is 0 Å². The Kier molecular flexibility index (Phi) is 6.54. The number of hydrogen-bond acceptors (Lipinski definition) is 3. The van der Waals surface area contributed by atoms with Gasteiger partial charge in [-0.15, -0.1) is 0 Å². The number of carbonyl (C=O) groups is 2. The van der Waals surface area contributed by atoms with Crippen LogP contribution in [0.3, 0.4) is 0 Å². The van der Waals surface area contributed by atoms with Crippen molar-refractivity contribution in [3.8, 4) is 0 Å². The lowest BCUT2D eigenvalue weighted by Gasteiger charge is -2.29. The number of amides is 1. The van der Waals surface area contributed by atoms with Crippen LogP contribution in [0.5, 0.6) is 0 Å². The first-order valence-electron chi connectivity index (χ1n) is 6.63. The first-order chi connectivity index (χ1) is 8.54. The fraction of sp³-hybridized carbons (Fsp3) is 0.846. The van der Waals surface area contributed by atoms with Gasteiger partial charge in [0.15, 0.2) is 0 Å². The molecule has 0 spiro atoms. The van der Waals surface area contributed by atoms with Crippen LogP contribution in [0.25, 0.3) is 0 Å². The second kappa shape index (κ2) is 7.67. The van der Waals surface area contributed by atoms with Crippen molar-refractivity contribution < 1.29 is 14.7 Å². The van der Waals surface area contributed by atoms with E-state index in [-0.39, 0.29) is 18.5 Å². The molecule has 18 heavy (non-hydrogen) atoms. The van der Waals surface area contributed by atoms with Gasteiger partial charge >= 0.3 is 5.97 Å². The molecule has 1 amide bonds. The molecule has 0 aromatic rings. The summed E-state index contributed by atoms with van der Waals surface area (Å²) >= 11 is 1.94. The number of hydrogen-bond donors (Lipinski definition) is 1. The molecule has 4 nitrogen and oxygen atoms in total. The molecule has 0 bridgehead atoms. The van der Waals surface area contributed by atoms with Crippen LogP contribution in [0.2, 0.25) is 0 Å². The third kappa shape index (κ3) is 4.88. The minimum Gasteiger partial charge on any atom is -0.480 e. The molecule has 1 fully saturated rings. The molecular weight excluding hydrogens is 250 g/mol. The zero-order valence-corrected chi connectivity index (χ0v) is 12.0. The van der Waals surface area contributed by atoms with E-state index in [2.05, 4.69) is 0 Å². The molecule has 1 atom stereocenters. The van der Waals surface area contributed by atoms with Gasteiger partial charge in [-0.3, -0.25) is 9.59 Å². The molecule has 0 saturated carbocycles. The van der Waals surface area contributed by atoms with E-state index >= 15 is 0 Å². The Balaban J connectivity index is 2.54. The van der Waals surface area contributed by atoms with Gasteiger partial charge in [0.05, 0.1) is 0 Å². The molecule has 1 rings (SSSR count). The molecule has 0 aliphatic carbocycles. The second-order valence-corrected chi connectivity index (χ2v) is 6.16. The van der Waals surface area contributed by atoms with Crippen molar-refractivity contribution >= 4 is 23.6 Å². The molecule has 1 aliphatic rings. The zero-order valence-electron chi connectivity index (χ0n) is 11.2. The summed E-state index contributed by atoms with van der Waals surface area (Å²) < 4.78 is 0. The number of nitrogens with zero attached hydrogens (tertiary/aromatic N) is 1. The smallest absolute Gasteiger partial charge is 0.323 e. The van der Waals surface area contributed by atoms with Crippen LogP contribution in [0.15, 0.2) is 0 Å². The Morgan fingerprint density at radius 3 is 2.50 bits per heavy atom. The second-order valence-electron chi connectivity index (χ2n) is 4.93. The molecule has 5 heteroatoms. The van der Waals surface area contributed by atoms with Crippen molar-refractivity contribution in [2.45, 2.75) is 45.6 Å². The van der Waals surface area contributed by atoms with Gasteiger partial charge in [-0.25, -0.2) is 0 Å². The summed E-state index contributed by atoms with van der Waals surface area (Å²) in [7, 11) is 0. The van der Waals surface area contributed by atoms with Crippen molar-refractivity contribution in [3.05, 3.63) is 0 Å². The van der Waals surface area contributed by atoms with E-state index in [0.29, 0.717) is 12.3 Å². The van der Waals surface area contributed by atoms with Gasteiger partial charge in [-0.2, -0.15) is 11.8 Å². The van der Waals surface area contributed by atoms with Crippen LogP contribution in [0, 0.1) is 5.92 Å². The van der Waals surface area contributed by atoms with Crippen LogP contribution in [-0.2, 0) is 9.59 Å². The van der Waals surface area contributed by atoms with Crippen LogP contribution in [-0.4, -0.2) is 46.0 Å². The maximum atomic E-state index is 12.2. The highest BCUT2D eigenvalue weighted by molar-refractivity contribution is 7.99. The minimum absolute atomic E-state index is 0.00338. The molecule has 1 saturated heterocycles. The molecule has 0 aromatic heterocycles. The van der Waals surface area contributed by atoms with Crippen molar-refractivity contribution in [2.24, 2.45) is 5.92 Å². The zero-order chi connectivity index (χ0) is 13.5. The summed E-state index contributed by atoms with van der Waals surface area (Å²) in [5.41, 5.74) is 0. The number of carboxylic acids is 1. The Labute approximate surface area is 113 Å². The lowest BCUT2D eigenvalue weighted by atomic mass is 9.97. The van der Waals surface area contributed by atoms with Crippen molar-refractivity contribution in [2.75, 3.05) is 18.1 Å². The third-order valence-corrected chi connectivity index (χ3v) is 4.60. The number of aliphatic carboxylic acids is 1. The van der Waals surface area contributed by atoms with Crippen molar-refractivity contribution in [3.63, 3.8) is 0 Å². The van der Waals surface area contributed by atoms with Gasteiger partial charge in [-0.1, -0.05) is 6.92 Å². The maximum absolute atomic E-state index is 12.2. The predicted octanol–water partition coefficient (Wildman–Crippen LogP) is 2.23. The molecule has 104 valence electrons. The maximum Gasteiger partial charge on any atom is 0.323 e. The number of carboxylic acid groups (broad SMARTS) is 1. The van der Waals surface area contributed by atoms with Gasteiger partial charge in [0.25, 0.3) is 0 Å². The standard InChI is InChI=1S/C13H23NO3S/c1-3-10(2)14(9-13(16)17)12(15)8-11-4-6-18-7-5-11/h10-11H,3-9H2,1-2H3,(H,16,17). The van der Waals surface area contributed by atoms with E-state index in [0.717, 1.165) is 30.8 Å². The average Bonchev–Trinajstić information content (AvgIpc) is 2.36. The summed E-state index contributed by atoms with van der Waals surface area (Å²) in [5.74, 6) is 1.77. The van der Waals surface area contributed by atoms with Crippen molar-refractivity contribution in [1.82, 2.24) is 4.90 Å². The predicted molar refractivity (Wildman–Crippen MR) is 73.8 cm³/mol. The Hall–Kier alpha value is -0.710. The molecule has 0 aromatic carbocycles. The SMILES string of the molecule is CCC(C)N(CC(=O)O)C(=O)CC1CCSCC1. The summed E-state index contributed by atoms with van der Waals surface area (Å²) in [6.07, 6.45) is 3.47. The average molecular weight is 273 g/mol. The third-order valence-electron chi connectivity index (χ3n) is 3.55.